The fourth-order valence-corrected chi connectivity index (χ4v) is 2.05. The summed E-state index contributed by atoms with van der Waals surface area (Å²) in [5.41, 5.74) is 1.63. The predicted molar refractivity (Wildman–Crippen MR) is 97.0 cm³/mol. The Morgan fingerprint density at radius 2 is 1.84 bits per heavy atom. The van der Waals surface area contributed by atoms with Gasteiger partial charge in [0.1, 0.15) is 30.6 Å². The minimum absolute atomic E-state index is 0.0648. The summed E-state index contributed by atoms with van der Waals surface area (Å²) in [6.45, 7) is 3.94. The van der Waals surface area contributed by atoms with E-state index in [1.54, 1.807) is 24.3 Å². The smallest absolute Gasteiger partial charge is 0.349 e. The lowest BCUT2D eigenvalue weighted by Gasteiger charge is -2.07. The Hall–Kier alpha value is -3.03. The third kappa shape index (κ3) is 5.83. The zero-order chi connectivity index (χ0) is 18.1. The maximum atomic E-state index is 11.7. The highest BCUT2D eigenvalue weighted by molar-refractivity contribution is 6.30. The molecule has 5 heteroatoms. The Balaban J connectivity index is 1.99. The zero-order valence-electron chi connectivity index (χ0n) is 13.4. The largest absolute Gasteiger partial charge is 0.489 e. The summed E-state index contributed by atoms with van der Waals surface area (Å²) in [5.74, 6) is 0.00491. The van der Waals surface area contributed by atoms with Crippen LogP contribution in [0.5, 0.6) is 5.75 Å². The lowest BCUT2D eigenvalue weighted by molar-refractivity contribution is -0.137. The van der Waals surface area contributed by atoms with Crippen molar-refractivity contribution in [3.05, 3.63) is 82.9 Å². The van der Waals surface area contributed by atoms with E-state index in [-0.39, 0.29) is 12.2 Å². The van der Waals surface area contributed by atoms with Crippen molar-refractivity contribution in [2.24, 2.45) is 0 Å². The highest BCUT2D eigenvalue weighted by Gasteiger charge is 2.09. The Morgan fingerprint density at radius 3 is 2.44 bits per heavy atom. The minimum Gasteiger partial charge on any atom is -0.489 e. The number of carbonyl (C=O) groups is 1. The normalized spacial score (nSPS) is 10.6. The number of nitriles is 1. The van der Waals surface area contributed by atoms with Gasteiger partial charge < -0.3 is 9.47 Å². The van der Waals surface area contributed by atoms with Crippen LogP contribution in [0.3, 0.4) is 0 Å². The van der Waals surface area contributed by atoms with Crippen LogP contribution in [0.1, 0.15) is 11.1 Å². The van der Waals surface area contributed by atoms with E-state index < -0.39 is 5.97 Å². The first-order valence-corrected chi connectivity index (χ1v) is 7.87. The van der Waals surface area contributed by atoms with Gasteiger partial charge in [0.2, 0.25) is 0 Å². The monoisotopic (exact) mass is 353 g/mol. The molecule has 0 unspecified atom stereocenters. The summed E-state index contributed by atoms with van der Waals surface area (Å²) in [5, 5.41) is 9.74. The summed E-state index contributed by atoms with van der Waals surface area (Å²) >= 11 is 5.84. The van der Waals surface area contributed by atoms with Gasteiger partial charge in [-0.1, -0.05) is 48.5 Å². The van der Waals surface area contributed by atoms with Gasteiger partial charge in [-0.2, -0.15) is 5.26 Å². The Morgan fingerprint density at radius 1 is 1.16 bits per heavy atom. The summed E-state index contributed by atoms with van der Waals surface area (Å²) in [4.78, 5) is 11.7. The van der Waals surface area contributed by atoms with Gasteiger partial charge in [-0.15, -0.1) is 0 Å². The SMILES string of the molecule is C=CCOC(=O)/C(C#N)=C/c1ccc(OCc2ccc(Cl)cc2)cc1. The van der Waals surface area contributed by atoms with E-state index in [4.69, 9.17) is 26.3 Å². The van der Waals surface area contributed by atoms with E-state index in [2.05, 4.69) is 6.58 Å². The number of rotatable bonds is 7. The van der Waals surface area contributed by atoms with Gasteiger partial charge in [0.05, 0.1) is 0 Å². The van der Waals surface area contributed by atoms with Crippen LogP contribution in [0.2, 0.25) is 5.02 Å². The molecule has 126 valence electrons. The van der Waals surface area contributed by atoms with Crippen molar-refractivity contribution in [3.63, 3.8) is 0 Å². The van der Waals surface area contributed by atoms with Crippen LogP contribution in [0.15, 0.2) is 66.8 Å². The molecule has 0 aliphatic heterocycles. The average Bonchev–Trinajstić information content (AvgIpc) is 2.64. The van der Waals surface area contributed by atoms with E-state index >= 15 is 0 Å². The quantitative estimate of drug-likeness (QED) is 0.317. The Bertz CT molecular complexity index is 802. The first kappa shape index (κ1) is 18.3. The fourth-order valence-electron chi connectivity index (χ4n) is 1.92. The molecule has 25 heavy (non-hydrogen) atoms. The van der Waals surface area contributed by atoms with Gasteiger partial charge in [0.25, 0.3) is 0 Å². The van der Waals surface area contributed by atoms with Gasteiger partial charge in [-0.3, -0.25) is 0 Å². The molecule has 4 nitrogen and oxygen atoms in total. The molecule has 0 saturated heterocycles. The molecule has 0 N–H and O–H groups in total. The van der Waals surface area contributed by atoms with Crippen LogP contribution in [0.4, 0.5) is 0 Å². The van der Waals surface area contributed by atoms with Crippen molar-refractivity contribution in [2.75, 3.05) is 6.61 Å². The number of carbonyl (C=O) groups excluding carboxylic acids is 1. The molecule has 0 radical (unpaired) electrons. The average molecular weight is 354 g/mol. The van der Waals surface area contributed by atoms with Crippen LogP contribution in [0, 0.1) is 11.3 Å². The van der Waals surface area contributed by atoms with E-state index in [9.17, 15) is 4.79 Å². The van der Waals surface area contributed by atoms with Crippen molar-refractivity contribution in [3.8, 4) is 11.8 Å². The first-order valence-electron chi connectivity index (χ1n) is 7.49. The third-order valence-corrected chi connectivity index (χ3v) is 3.43. The second-order valence-corrected chi connectivity index (χ2v) is 5.48. The molecule has 0 fully saturated rings. The molecule has 0 heterocycles. The zero-order valence-corrected chi connectivity index (χ0v) is 14.2. The van der Waals surface area contributed by atoms with Crippen LogP contribution in [0.25, 0.3) is 6.08 Å². The molecular weight excluding hydrogens is 338 g/mol. The van der Waals surface area contributed by atoms with Crippen molar-refractivity contribution >= 4 is 23.6 Å². The molecule has 0 bridgehead atoms. The lowest BCUT2D eigenvalue weighted by atomic mass is 10.1. The molecule has 2 aromatic carbocycles. The summed E-state index contributed by atoms with van der Waals surface area (Å²) in [6.07, 6.45) is 2.91. The number of hydrogen-bond donors (Lipinski definition) is 0. The predicted octanol–water partition coefficient (Wildman–Crippen LogP) is 4.56. The number of hydrogen-bond acceptors (Lipinski definition) is 4. The maximum Gasteiger partial charge on any atom is 0.349 e. The highest BCUT2D eigenvalue weighted by Crippen LogP contribution is 2.17. The molecule has 0 aliphatic carbocycles. The van der Waals surface area contributed by atoms with Gasteiger partial charge in [0, 0.05) is 5.02 Å². The fraction of sp³-hybridized carbons (Fsp3) is 0.100. The number of benzene rings is 2. The number of nitrogens with zero attached hydrogens (tertiary/aromatic N) is 1. The lowest BCUT2D eigenvalue weighted by Crippen LogP contribution is -2.06. The van der Waals surface area contributed by atoms with E-state index in [0.29, 0.717) is 22.9 Å². The van der Waals surface area contributed by atoms with Crippen LogP contribution >= 0.6 is 11.6 Å². The summed E-state index contributed by atoms with van der Waals surface area (Å²) in [7, 11) is 0. The van der Waals surface area contributed by atoms with Crippen LogP contribution < -0.4 is 4.74 Å². The number of halogens is 1. The Kier molecular flexibility index (Phi) is 6.82. The van der Waals surface area contributed by atoms with Gasteiger partial charge in [-0.05, 0) is 41.5 Å². The van der Waals surface area contributed by atoms with E-state index in [0.717, 1.165) is 5.56 Å². The second-order valence-electron chi connectivity index (χ2n) is 5.04. The molecule has 0 aromatic heterocycles. The number of ether oxygens (including phenoxy) is 2. The highest BCUT2D eigenvalue weighted by atomic mass is 35.5. The second kappa shape index (κ2) is 9.31. The molecule has 2 aromatic rings. The van der Waals surface area contributed by atoms with Crippen molar-refractivity contribution in [2.45, 2.75) is 6.61 Å². The molecular formula is C20H16ClNO3. The van der Waals surface area contributed by atoms with Crippen LogP contribution in [-0.2, 0) is 16.1 Å². The van der Waals surface area contributed by atoms with Crippen molar-refractivity contribution in [1.82, 2.24) is 0 Å². The minimum atomic E-state index is -0.675. The summed E-state index contributed by atoms with van der Waals surface area (Å²) in [6, 6.07) is 16.3. The molecule has 0 spiro atoms. The van der Waals surface area contributed by atoms with Crippen molar-refractivity contribution < 1.29 is 14.3 Å². The number of esters is 1. The molecule has 0 amide bonds. The standard InChI is InChI=1S/C20H16ClNO3/c1-2-11-24-20(23)17(13-22)12-15-5-9-19(10-6-15)25-14-16-3-7-18(21)8-4-16/h2-10,12H,1,11,14H2/b17-12+. The van der Waals surface area contributed by atoms with Crippen molar-refractivity contribution in [1.29, 1.82) is 5.26 Å². The molecule has 2 rings (SSSR count). The maximum absolute atomic E-state index is 11.7. The summed E-state index contributed by atoms with van der Waals surface area (Å²) < 4.78 is 10.5. The van der Waals surface area contributed by atoms with Gasteiger partial charge in [0.15, 0.2) is 0 Å². The topological polar surface area (TPSA) is 59.3 Å². The van der Waals surface area contributed by atoms with Gasteiger partial charge >= 0.3 is 5.97 Å². The van der Waals surface area contributed by atoms with Gasteiger partial charge in [-0.25, -0.2) is 4.79 Å². The van der Waals surface area contributed by atoms with Crippen LogP contribution in [-0.4, -0.2) is 12.6 Å². The molecule has 0 atom stereocenters. The molecule has 0 saturated carbocycles. The molecule has 0 aliphatic rings. The van der Waals surface area contributed by atoms with E-state index in [1.807, 2.05) is 30.3 Å². The third-order valence-electron chi connectivity index (χ3n) is 3.18. The first-order chi connectivity index (χ1) is 12.1. The Labute approximate surface area is 151 Å². The van der Waals surface area contributed by atoms with E-state index in [1.165, 1.54) is 12.2 Å².